The van der Waals surface area contributed by atoms with Gasteiger partial charge in [0.05, 0.1) is 0 Å². The maximum atomic E-state index is 13.2. The Balaban J connectivity index is 2.16. The van der Waals surface area contributed by atoms with Gasteiger partial charge in [-0.25, -0.2) is 8.78 Å². The molecule has 1 aromatic carbocycles. The molecule has 1 fully saturated rings. The van der Waals surface area contributed by atoms with Crippen molar-refractivity contribution < 1.29 is 13.6 Å². The number of halogens is 2. The molecule has 0 aliphatic heterocycles. The van der Waals surface area contributed by atoms with Gasteiger partial charge in [-0.15, -0.1) is 0 Å². The third-order valence-corrected chi connectivity index (χ3v) is 4.95. The Hall–Kier alpha value is -1.49. The monoisotopic (exact) mass is 296 g/mol. The largest absolute Gasteiger partial charge is 0.327 e. The summed E-state index contributed by atoms with van der Waals surface area (Å²) >= 11 is 0. The van der Waals surface area contributed by atoms with Crippen molar-refractivity contribution in [2.45, 2.75) is 39.7 Å². The number of carbonyl (C=O) groups excluding carboxylic acids is 1. The Morgan fingerprint density at radius 2 is 1.81 bits per heavy atom. The summed E-state index contributed by atoms with van der Waals surface area (Å²) in [6.07, 6.45) is 1.46. The van der Waals surface area contributed by atoms with Gasteiger partial charge in [0.25, 0.3) is 0 Å². The molecule has 3 nitrogen and oxygen atoms in total. The topological polar surface area (TPSA) is 55.1 Å². The third kappa shape index (κ3) is 3.23. The number of benzene rings is 1. The van der Waals surface area contributed by atoms with E-state index in [-0.39, 0.29) is 34.9 Å². The van der Waals surface area contributed by atoms with Crippen LogP contribution in [0.25, 0.3) is 0 Å². The molecular formula is C16H22F2N2O. The minimum atomic E-state index is -0.705. The van der Waals surface area contributed by atoms with Gasteiger partial charge in [0.1, 0.15) is 11.6 Å². The zero-order valence-corrected chi connectivity index (χ0v) is 12.6. The highest BCUT2D eigenvalue weighted by atomic mass is 19.1. The molecule has 0 heterocycles. The van der Waals surface area contributed by atoms with E-state index in [1.807, 2.05) is 20.8 Å². The standard InChI is InChI=1S/C16H22F2N2O/c1-9-14(19)5-4-13(16(9,2)3)15(21)20-12-7-10(17)6-11(18)8-12/h6-9,13-14H,4-5,19H2,1-3H3,(H,20,21). The molecule has 0 bridgehead atoms. The summed E-state index contributed by atoms with van der Waals surface area (Å²) in [7, 11) is 0. The van der Waals surface area contributed by atoms with Gasteiger partial charge in [-0.1, -0.05) is 20.8 Å². The normalized spacial score (nSPS) is 28.2. The second kappa shape index (κ2) is 5.72. The van der Waals surface area contributed by atoms with E-state index in [2.05, 4.69) is 5.32 Å². The highest BCUT2D eigenvalue weighted by molar-refractivity contribution is 5.93. The van der Waals surface area contributed by atoms with Crippen LogP contribution in [-0.4, -0.2) is 11.9 Å². The zero-order chi connectivity index (χ0) is 15.8. The molecule has 0 saturated heterocycles. The maximum absolute atomic E-state index is 13.2. The SMILES string of the molecule is CC1C(N)CCC(C(=O)Nc2cc(F)cc(F)c2)C1(C)C. The van der Waals surface area contributed by atoms with Crippen LogP contribution in [0, 0.1) is 28.9 Å². The molecule has 0 radical (unpaired) electrons. The Morgan fingerprint density at radius 3 is 2.38 bits per heavy atom. The Kier molecular flexibility index (Phi) is 4.33. The Bertz CT molecular complexity index is 525. The first-order chi connectivity index (χ1) is 9.71. The smallest absolute Gasteiger partial charge is 0.228 e. The number of nitrogens with two attached hydrogens (primary N) is 1. The molecule has 3 N–H and O–H groups in total. The van der Waals surface area contributed by atoms with Crippen molar-refractivity contribution in [1.29, 1.82) is 0 Å². The molecule has 21 heavy (non-hydrogen) atoms. The summed E-state index contributed by atoms with van der Waals surface area (Å²) < 4.78 is 26.4. The lowest BCUT2D eigenvalue weighted by atomic mass is 9.61. The predicted molar refractivity (Wildman–Crippen MR) is 78.6 cm³/mol. The minimum absolute atomic E-state index is 0.0793. The summed E-state index contributed by atoms with van der Waals surface area (Å²) in [5.41, 5.74) is 5.97. The molecular weight excluding hydrogens is 274 g/mol. The first-order valence-corrected chi connectivity index (χ1v) is 7.24. The minimum Gasteiger partial charge on any atom is -0.327 e. The predicted octanol–water partition coefficient (Wildman–Crippen LogP) is 3.30. The van der Waals surface area contributed by atoms with Crippen LogP contribution in [0.5, 0.6) is 0 Å². The third-order valence-electron chi connectivity index (χ3n) is 4.95. The molecule has 116 valence electrons. The van der Waals surface area contributed by atoms with Gasteiger partial charge >= 0.3 is 0 Å². The maximum Gasteiger partial charge on any atom is 0.228 e. The van der Waals surface area contributed by atoms with E-state index in [0.717, 1.165) is 24.6 Å². The second-order valence-corrected chi connectivity index (χ2v) is 6.55. The molecule has 1 saturated carbocycles. The molecule has 1 aliphatic rings. The summed E-state index contributed by atoms with van der Waals surface area (Å²) in [6.45, 7) is 6.09. The van der Waals surface area contributed by atoms with Gasteiger partial charge in [0.15, 0.2) is 0 Å². The lowest BCUT2D eigenvalue weighted by Gasteiger charge is -2.46. The van der Waals surface area contributed by atoms with Crippen LogP contribution in [0.15, 0.2) is 18.2 Å². The van der Waals surface area contributed by atoms with Crippen molar-refractivity contribution in [3.05, 3.63) is 29.8 Å². The number of anilines is 1. The van der Waals surface area contributed by atoms with Crippen molar-refractivity contribution in [2.24, 2.45) is 23.0 Å². The molecule has 1 aromatic rings. The Labute approximate surface area is 123 Å². The van der Waals surface area contributed by atoms with E-state index in [1.165, 1.54) is 0 Å². The molecule has 3 atom stereocenters. The fourth-order valence-corrected chi connectivity index (χ4v) is 3.17. The zero-order valence-electron chi connectivity index (χ0n) is 12.6. The molecule has 0 spiro atoms. The van der Waals surface area contributed by atoms with Gasteiger partial charge in [-0.3, -0.25) is 4.79 Å². The van der Waals surface area contributed by atoms with Crippen LogP contribution in [-0.2, 0) is 4.79 Å². The molecule has 1 amide bonds. The average Bonchev–Trinajstić information content (AvgIpc) is 2.34. The van der Waals surface area contributed by atoms with E-state index >= 15 is 0 Å². The second-order valence-electron chi connectivity index (χ2n) is 6.55. The van der Waals surface area contributed by atoms with Crippen LogP contribution in [0.4, 0.5) is 14.5 Å². The molecule has 0 aromatic heterocycles. The van der Waals surface area contributed by atoms with Gasteiger partial charge < -0.3 is 11.1 Å². The van der Waals surface area contributed by atoms with E-state index < -0.39 is 11.6 Å². The highest BCUT2D eigenvalue weighted by Crippen LogP contribution is 2.44. The molecule has 1 aliphatic carbocycles. The molecule has 3 unspecified atom stereocenters. The average molecular weight is 296 g/mol. The van der Waals surface area contributed by atoms with Crippen molar-refractivity contribution >= 4 is 11.6 Å². The quantitative estimate of drug-likeness (QED) is 0.879. The van der Waals surface area contributed by atoms with Gasteiger partial charge in [-0.2, -0.15) is 0 Å². The summed E-state index contributed by atoms with van der Waals surface area (Å²) in [5, 5.41) is 2.62. The summed E-state index contributed by atoms with van der Waals surface area (Å²) in [6, 6.07) is 3.09. The number of rotatable bonds is 2. The van der Waals surface area contributed by atoms with E-state index in [4.69, 9.17) is 5.73 Å². The first kappa shape index (κ1) is 15.9. The summed E-state index contributed by atoms with van der Waals surface area (Å²) in [5.74, 6) is -1.64. The van der Waals surface area contributed by atoms with E-state index in [1.54, 1.807) is 0 Å². The van der Waals surface area contributed by atoms with Crippen molar-refractivity contribution in [3.63, 3.8) is 0 Å². The first-order valence-electron chi connectivity index (χ1n) is 7.24. The van der Waals surface area contributed by atoms with E-state index in [0.29, 0.717) is 6.42 Å². The molecule has 2 rings (SSSR count). The highest BCUT2D eigenvalue weighted by Gasteiger charge is 2.44. The van der Waals surface area contributed by atoms with Crippen LogP contribution in [0.1, 0.15) is 33.6 Å². The Morgan fingerprint density at radius 1 is 1.24 bits per heavy atom. The number of carbonyl (C=O) groups is 1. The van der Waals surface area contributed by atoms with E-state index in [9.17, 15) is 13.6 Å². The summed E-state index contributed by atoms with van der Waals surface area (Å²) in [4.78, 5) is 12.5. The lowest BCUT2D eigenvalue weighted by molar-refractivity contribution is -0.127. The fourth-order valence-electron chi connectivity index (χ4n) is 3.17. The number of nitrogens with one attached hydrogen (secondary N) is 1. The fraction of sp³-hybridized carbons (Fsp3) is 0.562. The number of hydrogen-bond donors (Lipinski definition) is 2. The van der Waals surface area contributed by atoms with Crippen molar-refractivity contribution in [3.8, 4) is 0 Å². The van der Waals surface area contributed by atoms with Crippen LogP contribution < -0.4 is 11.1 Å². The lowest BCUT2D eigenvalue weighted by Crippen LogP contribution is -2.50. The van der Waals surface area contributed by atoms with Crippen LogP contribution in [0.3, 0.4) is 0 Å². The van der Waals surface area contributed by atoms with Gasteiger partial charge in [0, 0.05) is 23.7 Å². The number of amides is 1. The van der Waals surface area contributed by atoms with Gasteiger partial charge in [-0.05, 0) is 36.3 Å². The van der Waals surface area contributed by atoms with Crippen LogP contribution in [0.2, 0.25) is 0 Å². The van der Waals surface area contributed by atoms with Crippen molar-refractivity contribution in [2.75, 3.05) is 5.32 Å². The van der Waals surface area contributed by atoms with Crippen LogP contribution >= 0.6 is 0 Å². The number of hydrogen-bond acceptors (Lipinski definition) is 2. The molecule has 5 heteroatoms. The van der Waals surface area contributed by atoms with Gasteiger partial charge in [0.2, 0.25) is 5.91 Å². The van der Waals surface area contributed by atoms with Crippen molar-refractivity contribution in [1.82, 2.24) is 0 Å².